The van der Waals surface area contributed by atoms with Gasteiger partial charge >= 0.3 is 0 Å². The van der Waals surface area contributed by atoms with Crippen molar-refractivity contribution in [3.05, 3.63) is 35.9 Å². The van der Waals surface area contributed by atoms with Gasteiger partial charge in [-0.3, -0.25) is 9.59 Å². The van der Waals surface area contributed by atoms with E-state index >= 15 is 0 Å². The van der Waals surface area contributed by atoms with Gasteiger partial charge in [-0.25, -0.2) is 0 Å². The number of rotatable bonds is 4. The van der Waals surface area contributed by atoms with Gasteiger partial charge in [0.15, 0.2) is 0 Å². The molecular formula is C20H24N2O2. The van der Waals surface area contributed by atoms with Crippen molar-refractivity contribution in [1.29, 1.82) is 0 Å². The standard InChI is InChI=1S/C20H24N2O2/c21-18(23)6-3-13-1-4-17(5-2-13)22-19(24)20-10-14-7-15(11-20)9-16(8-14)12-20/h1-6,14-16H,7-12H2,(H2,21,23)(H,22,24)/b6-3-. The lowest BCUT2D eigenvalue weighted by Crippen LogP contribution is -2.51. The van der Waals surface area contributed by atoms with Crippen LogP contribution in [0.4, 0.5) is 5.69 Å². The average molecular weight is 324 g/mol. The molecule has 4 saturated carbocycles. The summed E-state index contributed by atoms with van der Waals surface area (Å²) in [5, 5.41) is 3.14. The van der Waals surface area contributed by atoms with E-state index in [2.05, 4.69) is 5.32 Å². The van der Waals surface area contributed by atoms with Gasteiger partial charge in [-0.15, -0.1) is 0 Å². The van der Waals surface area contributed by atoms with E-state index in [4.69, 9.17) is 5.73 Å². The van der Waals surface area contributed by atoms with Crippen molar-refractivity contribution in [1.82, 2.24) is 0 Å². The number of carbonyl (C=O) groups is 2. The molecule has 3 N–H and O–H groups in total. The molecule has 4 fully saturated rings. The van der Waals surface area contributed by atoms with Crippen LogP contribution in [0, 0.1) is 23.2 Å². The van der Waals surface area contributed by atoms with Crippen molar-refractivity contribution in [2.45, 2.75) is 38.5 Å². The zero-order valence-electron chi connectivity index (χ0n) is 13.8. The molecule has 126 valence electrons. The van der Waals surface area contributed by atoms with E-state index in [-0.39, 0.29) is 11.3 Å². The predicted octanol–water partition coefficient (Wildman–Crippen LogP) is 3.34. The summed E-state index contributed by atoms with van der Waals surface area (Å²) in [6.07, 6.45) is 10.3. The maximum absolute atomic E-state index is 13.0. The van der Waals surface area contributed by atoms with E-state index in [0.717, 1.165) is 48.3 Å². The zero-order valence-corrected chi connectivity index (χ0v) is 13.8. The summed E-state index contributed by atoms with van der Waals surface area (Å²) in [5.41, 5.74) is 6.69. The monoisotopic (exact) mass is 324 g/mol. The maximum Gasteiger partial charge on any atom is 0.241 e. The van der Waals surface area contributed by atoms with E-state index in [1.165, 1.54) is 25.3 Å². The normalized spacial score (nSPS) is 33.8. The smallest absolute Gasteiger partial charge is 0.241 e. The summed E-state index contributed by atoms with van der Waals surface area (Å²) >= 11 is 0. The molecule has 0 aliphatic heterocycles. The van der Waals surface area contributed by atoms with Crippen LogP contribution in [0.3, 0.4) is 0 Å². The molecule has 4 aliphatic rings. The van der Waals surface area contributed by atoms with Gasteiger partial charge in [0, 0.05) is 11.8 Å². The van der Waals surface area contributed by atoms with Crippen LogP contribution in [0.25, 0.3) is 6.08 Å². The lowest BCUT2D eigenvalue weighted by molar-refractivity contribution is -0.140. The van der Waals surface area contributed by atoms with Crippen LogP contribution in [0.2, 0.25) is 0 Å². The molecule has 24 heavy (non-hydrogen) atoms. The van der Waals surface area contributed by atoms with Crippen molar-refractivity contribution < 1.29 is 9.59 Å². The SMILES string of the molecule is NC(=O)/C=C\c1ccc(NC(=O)C23CC4CC(CC(C4)C2)C3)cc1. The number of benzene rings is 1. The first-order valence-corrected chi connectivity index (χ1v) is 8.91. The van der Waals surface area contributed by atoms with Gasteiger partial charge in [0.1, 0.15) is 0 Å². The van der Waals surface area contributed by atoms with Crippen molar-refractivity contribution in [2.75, 3.05) is 5.32 Å². The molecule has 4 heteroatoms. The Morgan fingerprint density at radius 2 is 1.54 bits per heavy atom. The van der Waals surface area contributed by atoms with Gasteiger partial charge < -0.3 is 11.1 Å². The number of amides is 2. The van der Waals surface area contributed by atoms with E-state index < -0.39 is 5.91 Å². The predicted molar refractivity (Wildman–Crippen MR) is 93.9 cm³/mol. The van der Waals surface area contributed by atoms with E-state index in [1.807, 2.05) is 24.3 Å². The number of carbonyl (C=O) groups excluding carboxylic acids is 2. The van der Waals surface area contributed by atoms with Crippen molar-refractivity contribution in [2.24, 2.45) is 28.9 Å². The van der Waals surface area contributed by atoms with Gasteiger partial charge in [0.25, 0.3) is 0 Å². The lowest BCUT2D eigenvalue weighted by Gasteiger charge is -2.55. The zero-order chi connectivity index (χ0) is 16.7. The minimum Gasteiger partial charge on any atom is -0.366 e. The molecule has 0 radical (unpaired) electrons. The van der Waals surface area contributed by atoms with Gasteiger partial charge in [0.05, 0.1) is 5.41 Å². The fraction of sp³-hybridized carbons (Fsp3) is 0.500. The summed E-state index contributed by atoms with van der Waals surface area (Å²) in [6, 6.07) is 7.54. The molecule has 1 aromatic carbocycles. The van der Waals surface area contributed by atoms with Crippen LogP contribution < -0.4 is 11.1 Å². The molecule has 5 rings (SSSR count). The topological polar surface area (TPSA) is 72.2 Å². The molecule has 4 aliphatic carbocycles. The van der Waals surface area contributed by atoms with Crippen molar-refractivity contribution in [3.63, 3.8) is 0 Å². The Hall–Kier alpha value is -2.10. The Bertz CT molecular complexity index is 655. The second-order valence-corrected chi connectivity index (χ2v) is 8.01. The lowest BCUT2D eigenvalue weighted by atomic mass is 9.49. The number of nitrogens with one attached hydrogen (secondary N) is 1. The van der Waals surface area contributed by atoms with Crippen LogP contribution in [0.1, 0.15) is 44.1 Å². The molecule has 0 heterocycles. The Morgan fingerprint density at radius 1 is 1.00 bits per heavy atom. The highest BCUT2D eigenvalue weighted by Crippen LogP contribution is 2.60. The second kappa shape index (κ2) is 5.76. The van der Waals surface area contributed by atoms with E-state index in [0.29, 0.717) is 0 Å². The van der Waals surface area contributed by atoms with E-state index in [9.17, 15) is 9.59 Å². The first-order valence-electron chi connectivity index (χ1n) is 8.91. The van der Waals surface area contributed by atoms with Crippen LogP contribution in [0.15, 0.2) is 30.3 Å². The fourth-order valence-corrected chi connectivity index (χ4v) is 5.51. The Labute approximate surface area is 142 Å². The highest BCUT2D eigenvalue weighted by atomic mass is 16.2. The summed E-state index contributed by atoms with van der Waals surface area (Å²) in [6.45, 7) is 0. The highest BCUT2D eigenvalue weighted by Gasteiger charge is 2.54. The quantitative estimate of drug-likeness (QED) is 0.834. The van der Waals surface area contributed by atoms with Gasteiger partial charge in [-0.2, -0.15) is 0 Å². The minimum atomic E-state index is -0.464. The van der Waals surface area contributed by atoms with Crippen LogP contribution in [-0.2, 0) is 9.59 Å². The third-order valence-corrected chi connectivity index (χ3v) is 6.13. The molecule has 0 atom stereocenters. The maximum atomic E-state index is 13.0. The molecule has 4 bridgehead atoms. The molecule has 1 aromatic rings. The Balaban J connectivity index is 1.45. The van der Waals surface area contributed by atoms with E-state index in [1.54, 1.807) is 6.08 Å². The largest absolute Gasteiger partial charge is 0.366 e. The van der Waals surface area contributed by atoms with Crippen LogP contribution in [0.5, 0.6) is 0 Å². The Morgan fingerprint density at radius 3 is 2.04 bits per heavy atom. The molecule has 4 nitrogen and oxygen atoms in total. The molecule has 0 saturated heterocycles. The van der Waals surface area contributed by atoms with Crippen LogP contribution >= 0.6 is 0 Å². The molecule has 0 spiro atoms. The second-order valence-electron chi connectivity index (χ2n) is 8.01. The third-order valence-electron chi connectivity index (χ3n) is 6.13. The number of hydrogen-bond donors (Lipinski definition) is 2. The fourth-order valence-electron chi connectivity index (χ4n) is 5.51. The summed E-state index contributed by atoms with van der Waals surface area (Å²) in [4.78, 5) is 23.7. The van der Waals surface area contributed by atoms with Gasteiger partial charge in [-0.1, -0.05) is 12.1 Å². The van der Waals surface area contributed by atoms with Gasteiger partial charge in [-0.05, 0) is 80.1 Å². The molecular weight excluding hydrogens is 300 g/mol. The minimum absolute atomic E-state index is 0.126. The number of primary amides is 1. The van der Waals surface area contributed by atoms with Gasteiger partial charge in [0.2, 0.25) is 11.8 Å². The third kappa shape index (κ3) is 2.85. The molecule has 2 amide bonds. The number of nitrogens with two attached hydrogens (primary N) is 1. The highest BCUT2D eigenvalue weighted by molar-refractivity contribution is 5.96. The van der Waals surface area contributed by atoms with Crippen molar-refractivity contribution in [3.8, 4) is 0 Å². The number of anilines is 1. The van der Waals surface area contributed by atoms with Crippen LogP contribution in [-0.4, -0.2) is 11.8 Å². The average Bonchev–Trinajstić information content (AvgIpc) is 2.53. The Kier molecular flexibility index (Phi) is 3.70. The first kappa shape index (κ1) is 15.4. The molecule has 0 unspecified atom stereocenters. The first-order chi connectivity index (χ1) is 11.5. The number of hydrogen-bond acceptors (Lipinski definition) is 2. The summed E-state index contributed by atoms with van der Waals surface area (Å²) < 4.78 is 0. The van der Waals surface area contributed by atoms with Crippen molar-refractivity contribution >= 4 is 23.6 Å². The summed E-state index contributed by atoms with van der Waals surface area (Å²) in [7, 11) is 0. The molecule has 0 aromatic heterocycles. The summed E-state index contributed by atoms with van der Waals surface area (Å²) in [5.74, 6) is 2.05.